The Bertz CT molecular complexity index is 2630. The maximum Gasteiger partial charge on any atom is 0.306 e. The van der Waals surface area contributed by atoms with Crippen molar-refractivity contribution in [1.29, 1.82) is 0 Å². The van der Waals surface area contributed by atoms with Gasteiger partial charge in [0, 0.05) is 74.3 Å². The number of benzene rings is 4. The number of nitrogens with zero attached hydrogens (tertiary/aromatic N) is 2. The quantitative estimate of drug-likeness (QED) is 0.0272. The summed E-state index contributed by atoms with van der Waals surface area (Å²) in [7, 11) is 18.1. The number of rotatable bonds is 25. The normalized spacial score (nSPS) is 24.5. The van der Waals surface area contributed by atoms with Crippen LogP contribution in [0.2, 0.25) is 0 Å². The first-order chi connectivity index (χ1) is 35.3. The highest BCUT2D eigenvalue weighted by atomic mass is 16.5. The van der Waals surface area contributed by atoms with Crippen LogP contribution in [0.4, 0.5) is 0 Å². The molecule has 0 saturated heterocycles. The van der Waals surface area contributed by atoms with Gasteiger partial charge in [-0.3, -0.25) is 9.59 Å². The zero-order valence-corrected chi connectivity index (χ0v) is 44.8. The number of carbonyl (C=O) groups excluding carboxylic acids is 2. The van der Waals surface area contributed by atoms with E-state index >= 15 is 0 Å². The second-order valence-corrected chi connectivity index (χ2v) is 20.6. The fraction of sp³-hybridized carbons (Fsp3) is 0.525. The van der Waals surface area contributed by atoms with Crippen molar-refractivity contribution < 1.29 is 65.9 Å². The Hall–Kier alpha value is -6.12. The van der Waals surface area contributed by atoms with Crippen molar-refractivity contribution in [3.05, 3.63) is 106 Å². The Morgan fingerprint density at radius 3 is 1.81 bits per heavy atom. The maximum atomic E-state index is 12.9. The molecule has 3 unspecified atom stereocenters. The lowest BCUT2D eigenvalue weighted by molar-refractivity contribution is -0.965. The number of fused-ring (bicyclic) bond motifs is 3. The molecule has 8 rings (SSSR count). The first kappa shape index (κ1) is 53.2. The average molecular weight is 1010 g/mol. The molecule has 1 spiro atoms. The second-order valence-electron chi connectivity index (χ2n) is 20.6. The number of carbonyl (C=O) groups is 2. The van der Waals surface area contributed by atoms with Gasteiger partial charge < -0.3 is 56.3 Å². The van der Waals surface area contributed by atoms with Gasteiger partial charge >= 0.3 is 11.9 Å². The zero-order chi connectivity index (χ0) is 51.9. The molecule has 2 fully saturated rings. The number of hydrogen-bond acceptors (Lipinski definition) is 12. The van der Waals surface area contributed by atoms with E-state index in [4.69, 9.17) is 47.4 Å². The van der Waals surface area contributed by atoms with Crippen molar-refractivity contribution in [3.63, 3.8) is 0 Å². The molecule has 394 valence electrons. The summed E-state index contributed by atoms with van der Waals surface area (Å²) in [5, 5.41) is 0. The standard InChI is InChI=1S/C59H78N2O12/c1-60(26-22-40-33-53(68-7)55(70-9)36-44(40)48(60)30-39-18-20-49(64-3)51(31-39)66-5)25-15-28-72-57(62)16-13-11-12-14-17-58(63)73-29-24-43-32-47(43)61(2)27-23-42-35-54(69-8)56(71-10)37-45(42)59(61)38-46(59)41-19-21-50(65-4)52(34-41)67-6/h11-12,18-21,31,33-37,43,46-48H,13-17,22-30,32,38H2,1-10H3/q+2/b12-11+/t43-,46?,47+,48-,59?,60+,61?/m1/s1. The lowest BCUT2D eigenvalue weighted by Crippen LogP contribution is -2.59. The molecule has 4 aromatic carbocycles. The van der Waals surface area contributed by atoms with Crippen LogP contribution in [0.1, 0.15) is 96.7 Å². The van der Waals surface area contributed by atoms with Gasteiger partial charge in [-0.2, -0.15) is 0 Å². The van der Waals surface area contributed by atoms with E-state index in [9.17, 15) is 9.59 Å². The lowest BCUT2D eigenvalue weighted by Gasteiger charge is -2.48. The largest absolute Gasteiger partial charge is 0.493 e. The summed E-state index contributed by atoms with van der Waals surface area (Å²) in [5.74, 6) is 6.16. The first-order valence-electron chi connectivity index (χ1n) is 25.9. The molecule has 73 heavy (non-hydrogen) atoms. The van der Waals surface area contributed by atoms with Crippen molar-refractivity contribution >= 4 is 11.9 Å². The van der Waals surface area contributed by atoms with E-state index in [-0.39, 0.29) is 29.9 Å². The molecule has 0 N–H and O–H groups in total. The number of allylic oxidation sites excluding steroid dienone is 2. The number of hydrogen-bond donors (Lipinski definition) is 0. The van der Waals surface area contributed by atoms with Crippen LogP contribution < -0.4 is 37.9 Å². The summed E-state index contributed by atoms with van der Waals surface area (Å²) in [6.07, 6.45) is 11.9. The van der Waals surface area contributed by atoms with Crippen LogP contribution in [-0.2, 0) is 43.9 Å². The summed E-state index contributed by atoms with van der Waals surface area (Å²) in [6, 6.07) is 21.7. The van der Waals surface area contributed by atoms with E-state index in [1.54, 1.807) is 56.9 Å². The molecular weight excluding hydrogens is 929 g/mol. The summed E-state index contributed by atoms with van der Waals surface area (Å²) >= 11 is 0. The van der Waals surface area contributed by atoms with Crippen molar-refractivity contribution in [2.75, 3.05) is 104 Å². The lowest BCUT2D eigenvalue weighted by atomic mass is 9.84. The van der Waals surface area contributed by atoms with Crippen LogP contribution in [0.15, 0.2) is 72.8 Å². The highest BCUT2D eigenvalue weighted by molar-refractivity contribution is 5.70. The molecule has 2 heterocycles. The number of ether oxygens (including phenoxy) is 10. The van der Waals surface area contributed by atoms with Gasteiger partial charge in [-0.05, 0) is 90.0 Å². The SMILES string of the molecule is COc1ccc(C[C@@H]2c3cc(OC)c(OC)cc3CC[N@+]2(C)CCCOC(=O)CC/C=C/CCC(=O)OCC[C@@H]2C[C@@H]2[N+]2(C)CCc3cc(OC)c(OC)cc3C23CC3c2ccc(OC)c(OC)c2)cc1OC. The monoisotopic (exact) mass is 1010 g/mol. The van der Waals surface area contributed by atoms with Gasteiger partial charge in [-0.25, -0.2) is 0 Å². The van der Waals surface area contributed by atoms with Gasteiger partial charge in [0.05, 0.1) is 110 Å². The number of esters is 2. The summed E-state index contributed by atoms with van der Waals surface area (Å²) in [6.45, 7) is 3.54. The topological polar surface area (TPSA) is 126 Å². The minimum absolute atomic E-state index is 0.122. The Balaban J connectivity index is 0.778. The molecule has 0 amide bonds. The van der Waals surface area contributed by atoms with E-state index in [0.29, 0.717) is 67.6 Å². The van der Waals surface area contributed by atoms with Gasteiger partial charge in [-0.1, -0.05) is 24.3 Å². The van der Waals surface area contributed by atoms with Crippen LogP contribution in [-0.4, -0.2) is 131 Å². The Morgan fingerprint density at radius 2 is 1.16 bits per heavy atom. The van der Waals surface area contributed by atoms with E-state index in [1.807, 2.05) is 24.3 Å². The molecule has 2 aliphatic carbocycles. The van der Waals surface area contributed by atoms with Crippen LogP contribution in [0.25, 0.3) is 0 Å². The Labute approximate surface area is 432 Å². The highest BCUT2D eigenvalue weighted by Crippen LogP contribution is 2.71. The molecule has 4 aliphatic rings. The number of quaternary nitrogens is 2. The summed E-state index contributed by atoms with van der Waals surface area (Å²) in [5.41, 5.74) is 7.41. The summed E-state index contributed by atoms with van der Waals surface area (Å²) in [4.78, 5) is 25.7. The van der Waals surface area contributed by atoms with E-state index in [2.05, 4.69) is 62.6 Å². The highest BCUT2D eigenvalue weighted by Gasteiger charge is 2.74. The molecule has 2 aliphatic heterocycles. The van der Waals surface area contributed by atoms with Crippen molar-refractivity contribution in [3.8, 4) is 46.0 Å². The maximum absolute atomic E-state index is 12.9. The number of likely N-dealkylation sites (N-methyl/N-ethyl adjacent to an activating group) is 2. The average Bonchev–Trinajstić information content (AvgIpc) is 4.36. The van der Waals surface area contributed by atoms with Crippen molar-refractivity contribution in [2.45, 2.75) is 94.2 Å². The fourth-order valence-electron chi connectivity index (χ4n) is 12.5. The van der Waals surface area contributed by atoms with E-state index < -0.39 is 0 Å². The molecule has 0 radical (unpaired) electrons. The molecule has 0 aromatic heterocycles. The molecule has 7 atom stereocenters. The van der Waals surface area contributed by atoms with Crippen molar-refractivity contribution in [1.82, 2.24) is 0 Å². The predicted molar refractivity (Wildman–Crippen MR) is 279 cm³/mol. The minimum atomic E-state index is -0.221. The van der Waals surface area contributed by atoms with Crippen LogP contribution in [0, 0.1) is 5.92 Å². The van der Waals surface area contributed by atoms with Gasteiger partial charge in [0.1, 0.15) is 11.6 Å². The van der Waals surface area contributed by atoms with Crippen molar-refractivity contribution in [2.24, 2.45) is 5.92 Å². The van der Waals surface area contributed by atoms with Gasteiger partial charge in [-0.15, -0.1) is 0 Å². The first-order valence-corrected chi connectivity index (χ1v) is 25.9. The van der Waals surface area contributed by atoms with Crippen LogP contribution in [0.5, 0.6) is 46.0 Å². The Morgan fingerprint density at radius 1 is 0.616 bits per heavy atom. The fourth-order valence-corrected chi connectivity index (χ4v) is 12.5. The number of methoxy groups -OCH3 is 8. The molecule has 2 saturated carbocycles. The smallest absolute Gasteiger partial charge is 0.306 e. The van der Waals surface area contributed by atoms with Crippen LogP contribution in [0.3, 0.4) is 0 Å². The third kappa shape index (κ3) is 10.9. The molecule has 4 aromatic rings. The predicted octanol–water partition coefficient (Wildman–Crippen LogP) is 9.50. The second kappa shape index (κ2) is 23.0. The third-order valence-corrected chi connectivity index (χ3v) is 16.7. The van der Waals surface area contributed by atoms with E-state index in [1.165, 1.54) is 27.8 Å². The molecule has 0 bridgehead atoms. The van der Waals surface area contributed by atoms with Gasteiger partial charge in [0.15, 0.2) is 46.0 Å². The zero-order valence-electron chi connectivity index (χ0n) is 44.8. The molecular formula is C59H78N2O12+2. The van der Waals surface area contributed by atoms with Crippen LogP contribution >= 0.6 is 0 Å². The summed E-state index contributed by atoms with van der Waals surface area (Å²) < 4.78 is 58.7. The van der Waals surface area contributed by atoms with Gasteiger partial charge in [0.2, 0.25) is 0 Å². The Kier molecular flexibility index (Phi) is 16.7. The van der Waals surface area contributed by atoms with Gasteiger partial charge in [0.25, 0.3) is 0 Å². The molecule has 14 nitrogen and oxygen atoms in total. The van der Waals surface area contributed by atoms with E-state index in [0.717, 1.165) is 108 Å². The molecule has 14 heteroatoms. The minimum Gasteiger partial charge on any atom is -0.493 e. The third-order valence-electron chi connectivity index (χ3n) is 16.7.